The third-order valence-electron chi connectivity index (χ3n) is 4.19. The van der Waals surface area contributed by atoms with E-state index >= 15 is 0 Å². The van der Waals surface area contributed by atoms with Gasteiger partial charge in [0.05, 0.1) is 17.4 Å². The van der Waals surface area contributed by atoms with Gasteiger partial charge < -0.3 is 14.8 Å². The van der Waals surface area contributed by atoms with Crippen molar-refractivity contribution in [2.45, 2.75) is 70.7 Å². The van der Waals surface area contributed by atoms with E-state index in [0.29, 0.717) is 12.6 Å². The van der Waals surface area contributed by atoms with Gasteiger partial charge in [0.25, 0.3) is 0 Å². The average molecular weight is 290 g/mol. The Labute approximate surface area is 127 Å². The van der Waals surface area contributed by atoms with E-state index in [1.807, 2.05) is 19.1 Å². The van der Waals surface area contributed by atoms with Crippen molar-refractivity contribution in [2.24, 2.45) is 0 Å². The lowest BCUT2D eigenvalue weighted by molar-refractivity contribution is -0.0328. The van der Waals surface area contributed by atoms with Crippen LogP contribution in [0.5, 0.6) is 5.75 Å². The summed E-state index contributed by atoms with van der Waals surface area (Å²) in [4.78, 5) is 4.62. The maximum absolute atomic E-state index is 5.99. The van der Waals surface area contributed by atoms with Crippen LogP contribution in [-0.4, -0.2) is 29.3 Å². The van der Waals surface area contributed by atoms with E-state index in [1.165, 1.54) is 12.8 Å². The molecule has 0 aromatic carbocycles. The van der Waals surface area contributed by atoms with Gasteiger partial charge in [-0.15, -0.1) is 0 Å². The summed E-state index contributed by atoms with van der Waals surface area (Å²) in [5, 5.41) is 3.51. The zero-order valence-electron chi connectivity index (χ0n) is 13.3. The third-order valence-corrected chi connectivity index (χ3v) is 4.19. The SMILES string of the molecule is Cc1ccc(OCC2CCC(C)(C)O2)c(CNC2CC2)n1. The van der Waals surface area contributed by atoms with Crippen molar-refractivity contribution in [3.8, 4) is 5.75 Å². The molecule has 4 nitrogen and oxygen atoms in total. The van der Waals surface area contributed by atoms with Crippen LogP contribution >= 0.6 is 0 Å². The molecule has 0 spiro atoms. The van der Waals surface area contributed by atoms with Gasteiger partial charge >= 0.3 is 0 Å². The first-order valence-electron chi connectivity index (χ1n) is 8.02. The molecule has 2 aliphatic rings. The highest BCUT2D eigenvalue weighted by molar-refractivity contribution is 5.29. The van der Waals surface area contributed by atoms with Crippen LogP contribution in [0.25, 0.3) is 0 Å². The Bertz CT molecular complexity index is 498. The molecule has 1 saturated heterocycles. The Hall–Kier alpha value is -1.13. The second-order valence-electron chi connectivity index (χ2n) is 6.90. The molecule has 1 N–H and O–H groups in total. The zero-order valence-corrected chi connectivity index (χ0v) is 13.3. The maximum Gasteiger partial charge on any atom is 0.142 e. The fourth-order valence-electron chi connectivity index (χ4n) is 2.76. The lowest BCUT2D eigenvalue weighted by atomic mass is 10.1. The van der Waals surface area contributed by atoms with Crippen LogP contribution in [0.4, 0.5) is 0 Å². The number of rotatable bonds is 6. The van der Waals surface area contributed by atoms with Crippen molar-refractivity contribution in [1.82, 2.24) is 10.3 Å². The normalized spacial score (nSPS) is 24.2. The molecule has 0 radical (unpaired) electrons. The number of ether oxygens (including phenoxy) is 2. The zero-order chi connectivity index (χ0) is 14.9. The fraction of sp³-hybridized carbons (Fsp3) is 0.706. The van der Waals surface area contributed by atoms with Crippen molar-refractivity contribution < 1.29 is 9.47 Å². The first-order chi connectivity index (χ1) is 10.0. The molecule has 1 unspecified atom stereocenters. The molecule has 4 heteroatoms. The Morgan fingerprint density at radius 3 is 2.81 bits per heavy atom. The van der Waals surface area contributed by atoms with Gasteiger partial charge in [0.2, 0.25) is 0 Å². The first kappa shape index (κ1) is 14.8. The van der Waals surface area contributed by atoms with Gasteiger partial charge in [-0.3, -0.25) is 4.98 Å². The lowest BCUT2D eigenvalue weighted by Crippen LogP contribution is -2.24. The molecule has 1 atom stereocenters. The molecule has 1 aliphatic carbocycles. The number of hydrogen-bond acceptors (Lipinski definition) is 4. The number of aryl methyl sites for hydroxylation is 1. The Kier molecular flexibility index (Phi) is 4.18. The van der Waals surface area contributed by atoms with Crippen LogP contribution in [0.1, 0.15) is 50.9 Å². The molecule has 1 saturated carbocycles. The monoisotopic (exact) mass is 290 g/mol. The van der Waals surface area contributed by atoms with Crippen LogP contribution in [-0.2, 0) is 11.3 Å². The number of hydrogen-bond donors (Lipinski definition) is 1. The molecule has 2 fully saturated rings. The van der Waals surface area contributed by atoms with Gasteiger partial charge in [0.1, 0.15) is 12.4 Å². The summed E-state index contributed by atoms with van der Waals surface area (Å²) in [6, 6.07) is 4.72. The van der Waals surface area contributed by atoms with Crippen molar-refractivity contribution in [1.29, 1.82) is 0 Å². The molecule has 3 rings (SSSR count). The topological polar surface area (TPSA) is 43.4 Å². The van der Waals surface area contributed by atoms with E-state index < -0.39 is 0 Å². The highest BCUT2D eigenvalue weighted by atomic mass is 16.6. The second-order valence-corrected chi connectivity index (χ2v) is 6.90. The fourth-order valence-corrected chi connectivity index (χ4v) is 2.76. The minimum absolute atomic E-state index is 0.00406. The predicted octanol–water partition coefficient (Wildman–Crippen LogP) is 2.98. The van der Waals surface area contributed by atoms with Crippen molar-refractivity contribution in [2.75, 3.05) is 6.61 Å². The summed E-state index contributed by atoms with van der Waals surface area (Å²) in [6.07, 6.45) is 4.94. The summed E-state index contributed by atoms with van der Waals surface area (Å²) in [5.74, 6) is 0.891. The maximum atomic E-state index is 5.99. The Balaban J connectivity index is 1.58. The summed E-state index contributed by atoms with van der Waals surface area (Å²) in [5.41, 5.74) is 2.04. The van der Waals surface area contributed by atoms with Gasteiger partial charge in [-0.1, -0.05) is 0 Å². The summed E-state index contributed by atoms with van der Waals surface area (Å²) in [6.45, 7) is 7.72. The molecule has 2 heterocycles. The van der Waals surface area contributed by atoms with Crippen LogP contribution in [0.15, 0.2) is 12.1 Å². The quantitative estimate of drug-likeness (QED) is 0.874. The van der Waals surface area contributed by atoms with Gasteiger partial charge in [0, 0.05) is 18.3 Å². The highest BCUT2D eigenvalue weighted by Gasteiger charge is 2.32. The van der Waals surface area contributed by atoms with Gasteiger partial charge in [-0.2, -0.15) is 0 Å². The van der Waals surface area contributed by atoms with E-state index in [2.05, 4.69) is 24.1 Å². The third kappa shape index (κ3) is 4.17. The summed E-state index contributed by atoms with van der Waals surface area (Å²) < 4.78 is 12.0. The van der Waals surface area contributed by atoms with Crippen LogP contribution in [0.2, 0.25) is 0 Å². The minimum atomic E-state index is -0.00406. The van der Waals surface area contributed by atoms with Crippen molar-refractivity contribution >= 4 is 0 Å². The number of nitrogens with one attached hydrogen (secondary N) is 1. The molecule has 1 aromatic heterocycles. The van der Waals surface area contributed by atoms with Gasteiger partial charge in [-0.05, 0) is 58.6 Å². The van der Waals surface area contributed by atoms with E-state index in [4.69, 9.17) is 9.47 Å². The molecule has 116 valence electrons. The second kappa shape index (κ2) is 5.93. The summed E-state index contributed by atoms with van der Waals surface area (Å²) in [7, 11) is 0. The van der Waals surface area contributed by atoms with Gasteiger partial charge in [-0.25, -0.2) is 0 Å². The summed E-state index contributed by atoms with van der Waals surface area (Å²) >= 11 is 0. The average Bonchev–Trinajstić information content (AvgIpc) is 3.19. The van der Waals surface area contributed by atoms with Crippen molar-refractivity contribution in [3.05, 3.63) is 23.5 Å². The molecule has 21 heavy (non-hydrogen) atoms. The molecule has 0 bridgehead atoms. The molecular weight excluding hydrogens is 264 g/mol. The van der Waals surface area contributed by atoms with Crippen LogP contribution in [0.3, 0.4) is 0 Å². The first-order valence-corrected chi connectivity index (χ1v) is 8.02. The number of aromatic nitrogens is 1. The number of pyridine rings is 1. The predicted molar refractivity (Wildman–Crippen MR) is 82.5 cm³/mol. The van der Waals surface area contributed by atoms with E-state index in [9.17, 15) is 0 Å². The van der Waals surface area contributed by atoms with E-state index in [1.54, 1.807) is 0 Å². The molecule has 1 aliphatic heterocycles. The van der Waals surface area contributed by atoms with Crippen molar-refractivity contribution in [3.63, 3.8) is 0 Å². The van der Waals surface area contributed by atoms with Gasteiger partial charge in [0.15, 0.2) is 0 Å². The Morgan fingerprint density at radius 1 is 1.33 bits per heavy atom. The lowest BCUT2D eigenvalue weighted by Gasteiger charge is -2.20. The number of nitrogens with zero attached hydrogens (tertiary/aromatic N) is 1. The largest absolute Gasteiger partial charge is 0.489 e. The smallest absolute Gasteiger partial charge is 0.142 e. The van der Waals surface area contributed by atoms with E-state index in [-0.39, 0.29) is 11.7 Å². The van der Waals surface area contributed by atoms with Crippen LogP contribution in [0, 0.1) is 6.92 Å². The standard InChI is InChI=1S/C17H26N2O2/c1-12-4-7-16(15(19-12)10-18-13-5-6-13)20-11-14-8-9-17(2,3)21-14/h4,7,13-14,18H,5-6,8-11H2,1-3H3. The van der Waals surface area contributed by atoms with Crippen LogP contribution < -0.4 is 10.1 Å². The van der Waals surface area contributed by atoms with E-state index in [0.717, 1.165) is 36.5 Å². The molecule has 1 aromatic rings. The Morgan fingerprint density at radius 2 is 2.14 bits per heavy atom. The molecular formula is C17H26N2O2. The minimum Gasteiger partial charge on any atom is -0.489 e. The highest BCUT2D eigenvalue weighted by Crippen LogP contribution is 2.30. The molecule has 0 amide bonds.